The standard InChI is InChI=1S/C16H24N2O/c1-17-15(16(19-2)9-3-4-10-16)13-8-7-12-6-5-11-18-14(12)13/h5-6,11,13,15,17H,3-4,7-10H2,1-2H3. The molecule has 1 aromatic rings. The van der Waals surface area contributed by atoms with Gasteiger partial charge < -0.3 is 10.1 Å². The smallest absolute Gasteiger partial charge is 0.0837 e. The van der Waals surface area contributed by atoms with Gasteiger partial charge in [-0.2, -0.15) is 0 Å². The molecule has 19 heavy (non-hydrogen) atoms. The van der Waals surface area contributed by atoms with Gasteiger partial charge in [-0.1, -0.05) is 18.9 Å². The lowest BCUT2D eigenvalue weighted by atomic mass is 9.81. The van der Waals surface area contributed by atoms with Crippen molar-refractivity contribution in [3.05, 3.63) is 29.6 Å². The summed E-state index contributed by atoms with van der Waals surface area (Å²) in [6.45, 7) is 0. The second kappa shape index (κ2) is 5.22. The molecule has 104 valence electrons. The summed E-state index contributed by atoms with van der Waals surface area (Å²) in [5.41, 5.74) is 2.74. The van der Waals surface area contributed by atoms with Gasteiger partial charge in [0.15, 0.2) is 0 Å². The molecular weight excluding hydrogens is 236 g/mol. The number of hydrogen-bond donors (Lipinski definition) is 1. The average Bonchev–Trinajstić information content (AvgIpc) is 3.08. The number of ether oxygens (including phenoxy) is 1. The number of nitrogens with zero attached hydrogens (tertiary/aromatic N) is 1. The monoisotopic (exact) mass is 260 g/mol. The molecule has 0 aliphatic heterocycles. The van der Waals surface area contributed by atoms with Crippen LogP contribution in [-0.4, -0.2) is 30.8 Å². The summed E-state index contributed by atoms with van der Waals surface area (Å²) < 4.78 is 5.99. The van der Waals surface area contributed by atoms with Crippen molar-refractivity contribution in [3.8, 4) is 0 Å². The largest absolute Gasteiger partial charge is 0.377 e. The van der Waals surface area contributed by atoms with Crippen LogP contribution in [0.3, 0.4) is 0 Å². The average molecular weight is 260 g/mol. The zero-order valence-corrected chi connectivity index (χ0v) is 12.0. The summed E-state index contributed by atoms with van der Waals surface area (Å²) in [6.07, 6.45) is 9.20. The number of methoxy groups -OCH3 is 1. The molecule has 2 unspecified atom stereocenters. The SMILES string of the molecule is CNC(C1CCc2cccnc21)C1(OC)CCCC1. The minimum Gasteiger partial charge on any atom is -0.377 e. The molecular formula is C16H24N2O. The molecule has 1 saturated carbocycles. The van der Waals surface area contributed by atoms with Crippen LogP contribution in [0.5, 0.6) is 0 Å². The molecule has 1 N–H and O–H groups in total. The van der Waals surface area contributed by atoms with E-state index in [1.54, 1.807) is 0 Å². The van der Waals surface area contributed by atoms with E-state index in [9.17, 15) is 0 Å². The third-order valence-corrected chi connectivity index (χ3v) is 5.14. The highest BCUT2D eigenvalue weighted by atomic mass is 16.5. The van der Waals surface area contributed by atoms with E-state index in [0.29, 0.717) is 12.0 Å². The maximum Gasteiger partial charge on any atom is 0.0837 e. The van der Waals surface area contributed by atoms with Crippen molar-refractivity contribution in [2.24, 2.45) is 0 Å². The van der Waals surface area contributed by atoms with Crippen LogP contribution in [0.4, 0.5) is 0 Å². The molecule has 1 aromatic heterocycles. The summed E-state index contributed by atoms with van der Waals surface area (Å²) >= 11 is 0. The molecule has 2 atom stereocenters. The van der Waals surface area contributed by atoms with Gasteiger partial charge in [0.05, 0.1) is 5.60 Å². The van der Waals surface area contributed by atoms with Crippen molar-refractivity contribution in [2.45, 2.75) is 56.1 Å². The Morgan fingerprint density at radius 1 is 1.42 bits per heavy atom. The lowest BCUT2D eigenvalue weighted by Crippen LogP contribution is -2.52. The Bertz CT molecular complexity index is 440. The quantitative estimate of drug-likeness (QED) is 0.903. The molecule has 3 nitrogen and oxygen atoms in total. The molecule has 1 heterocycles. The first-order valence-electron chi connectivity index (χ1n) is 7.47. The van der Waals surface area contributed by atoms with Gasteiger partial charge in [-0.3, -0.25) is 4.98 Å². The minimum atomic E-state index is 0.0124. The molecule has 2 aliphatic carbocycles. The zero-order valence-electron chi connectivity index (χ0n) is 12.0. The zero-order chi connectivity index (χ0) is 13.3. The fraction of sp³-hybridized carbons (Fsp3) is 0.688. The lowest BCUT2D eigenvalue weighted by molar-refractivity contribution is -0.0412. The number of rotatable bonds is 4. The van der Waals surface area contributed by atoms with E-state index in [4.69, 9.17) is 4.74 Å². The lowest BCUT2D eigenvalue weighted by Gasteiger charge is -2.39. The highest BCUT2D eigenvalue weighted by molar-refractivity contribution is 5.31. The normalized spacial score (nSPS) is 26.3. The Morgan fingerprint density at radius 3 is 2.89 bits per heavy atom. The third kappa shape index (κ3) is 2.09. The van der Waals surface area contributed by atoms with Crippen LogP contribution in [0, 0.1) is 0 Å². The van der Waals surface area contributed by atoms with Crippen molar-refractivity contribution in [2.75, 3.05) is 14.2 Å². The van der Waals surface area contributed by atoms with E-state index in [-0.39, 0.29) is 5.60 Å². The van der Waals surface area contributed by atoms with Gasteiger partial charge in [0.1, 0.15) is 0 Å². The molecule has 0 bridgehead atoms. The highest BCUT2D eigenvalue weighted by Gasteiger charge is 2.46. The topological polar surface area (TPSA) is 34.2 Å². The van der Waals surface area contributed by atoms with Crippen LogP contribution in [0.15, 0.2) is 18.3 Å². The molecule has 3 heteroatoms. The predicted molar refractivity (Wildman–Crippen MR) is 76.4 cm³/mol. The fourth-order valence-electron chi connectivity index (χ4n) is 4.21. The number of aromatic nitrogens is 1. The van der Waals surface area contributed by atoms with Crippen LogP contribution < -0.4 is 5.32 Å². The minimum absolute atomic E-state index is 0.0124. The van der Waals surface area contributed by atoms with Gasteiger partial charge in [-0.15, -0.1) is 0 Å². The molecule has 0 radical (unpaired) electrons. The molecule has 1 fully saturated rings. The molecule has 3 rings (SSSR count). The second-order valence-corrected chi connectivity index (χ2v) is 5.94. The molecule has 0 spiro atoms. The summed E-state index contributed by atoms with van der Waals surface area (Å²) in [5.74, 6) is 0.499. The number of hydrogen-bond acceptors (Lipinski definition) is 3. The van der Waals surface area contributed by atoms with E-state index in [0.717, 1.165) is 6.42 Å². The first-order chi connectivity index (χ1) is 9.30. The van der Waals surface area contributed by atoms with E-state index in [1.807, 2.05) is 13.3 Å². The number of pyridine rings is 1. The van der Waals surface area contributed by atoms with Gasteiger partial charge in [-0.25, -0.2) is 0 Å². The Morgan fingerprint density at radius 2 is 2.21 bits per heavy atom. The van der Waals surface area contributed by atoms with Gasteiger partial charge in [0.2, 0.25) is 0 Å². The van der Waals surface area contributed by atoms with E-state index < -0.39 is 0 Å². The van der Waals surface area contributed by atoms with E-state index in [1.165, 1.54) is 43.4 Å². The maximum absolute atomic E-state index is 5.99. The Kier molecular flexibility index (Phi) is 3.59. The summed E-state index contributed by atoms with van der Waals surface area (Å²) in [6, 6.07) is 4.66. The van der Waals surface area contributed by atoms with Crippen LogP contribution in [0.2, 0.25) is 0 Å². The molecule has 2 aliphatic rings. The Balaban J connectivity index is 1.91. The summed E-state index contributed by atoms with van der Waals surface area (Å²) in [7, 11) is 3.95. The Hall–Kier alpha value is -0.930. The van der Waals surface area contributed by atoms with Crippen molar-refractivity contribution in [1.29, 1.82) is 0 Å². The molecule has 0 saturated heterocycles. The van der Waals surface area contributed by atoms with Crippen LogP contribution in [-0.2, 0) is 11.2 Å². The number of fused-ring (bicyclic) bond motifs is 1. The maximum atomic E-state index is 5.99. The molecule has 0 aromatic carbocycles. The summed E-state index contributed by atoms with van der Waals surface area (Å²) in [5, 5.41) is 3.55. The van der Waals surface area contributed by atoms with Gasteiger partial charge in [0.25, 0.3) is 0 Å². The van der Waals surface area contributed by atoms with E-state index >= 15 is 0 Å². The fourth-order valence-corrected chi connectivity index (χ4v) is 4.21. The van der Waals surface area contributed by atoms with Gasteiger partial charge >= 0.3 is 0 Å². The van der Waals surface area contributed by atoms with Gasteiger partial charge in [0, 0.05) is 31.0 Å². The van der Waals surface area contributed by atoms with Crippen molar-refractivity contribution >= 4 is 0 Å². The van der Waals surface area contributed by atoms with Crippen LogP contribution >= 0.6 is 0 Å². The number of nitrogens with one attached hydrogen (secondary N) is 1. The first kappa shape index (κ1) is 13.1. The summed E-state index contributed by atoms with van der Waals surface area (Å²) in [4.78, 5) is 4.65. The van der Waals surface area contributed by atoms with Gasteiger partial charge in [-0.05, 0) is 44.4 Å². The number of aryl methyl sites for hydroxylation is 1. The molecule has 0 amide bonds. The number of likely N-dealkylation sites (N-methyl/N-ethyl adjacent to an activating group) is 1. The van der Waals surface area contributed by atoms with Crippen LogP contribution in [0.25, 0.3) is 0 Å². The first-order valence-corrected chi connectivity index (χ1v) is 7.47. The third-order valence-electron chi connectivity index (χ3n) is 5.14. The van der Waals surface area contributed by atoms with Crippen LogP contribution in [0.1, 0.15) is 49.3 Å². The predicted octanol–water partition coefficient (Wildman–Crippen LogP) is 2.66. The van der Waals surface area contributed by atoms with Crippen molar-refractivity contribution in [1.82, 2.24) is 10.3 Å². The second-order valence-electron chi connectivity index (χ2n) is 5.94. The van der Waals surface area contributed by atoms with Crippen molar-refractivity contribution in [3.63, 3.8) is 0 Å². The van der Waals surface area contributed by atoms with Crippen molar-refractivity contribution < 1.29 is 4.74 Å². The van der Waals surface area contributed by atoms with E-state index in [2.05, 4.69) is 29.5 Å². The Labute approximate surface area is 115 Å². The highest BCUT2D eigenvalue weighted by Crippen LogP contribution is 2.44.